The monoisotopic (exact) mass is 386 g/mol. The van der Waals surface area contributed by atoms with Crippen molar-refractivity contribution in [2.45, 2.75) is 33.6 Å². The Bertz CT molecular complexity index is 847. The number of ether oxygens (including phenoxy) is 1. The summed E-state index contributed by atoms with van der Waals surface area (Å²) in [6.45, 7) is 6.73. The molecule has 1 heterocycles. The van der Waals surface area contributed by atoms with Crippen molar-refractivity contribution < 1.29 is 19.2 Å². The van der Waals surface area contributed by atoms with Gasteiger partial charge in [0.2, 0.25) is 5.88 Å². The largest absolute Gasteiger partial charge is 0.478 e. The van der Waals surface area contributed by atoms with Gasteiger partial charge in [-0.25, -0.2) is 15.2 Å². The first kappa shape index (κ1) is 21.3. The van der Waals surface area contributed by atoms with Crippen LogP contribution in [0, 0.1) is 5.92 Å². The van der Waals surface area contributed by atoms with Crippen LogP contribution in [-0.2, 0) is 14.4 Å². The first-order valence-electron chi connectivity index (χ1n) is 9.29. The highest BCUT2D eigenvalue weighted by Crippen LogP contribution is 2.14. The highest BCUT2D eigenvalue weighted by Gasteiger charge is 2.13. The number of hydrogen-bond donors (Lipinski definition) is 1. The Kier molecular flexibility index (Phi) is 8.36. The van der Waals surface area contributed by atoms with Crippen LogP contribution in [0.5, 0.6) is 5.88 Å². The van der Waals surface area contributed by atoms with E-state index in [1.54, 1.807) is 10.7 Å². The Balaban J connectivity index is 2.22. The van der Waals surface area contributed by atoms with E-state index in [0.29, 0.717) is 19.1 Å². The second kappa shape index (κ2) is 11.0. The second-order valence-electron chi connectivity index (χ2n) is 6.55. The third kappa shape index (κ3) is 6.62. The van der Waals surface area contributed by atoms with Crippen molar-refractivity contribution >= 4 is 11.8 Å². The van der Waals surface area contributed by atoms with E-state index in [1.165, 1.54) is 6.20 Å². The molecule has 0 radical (unpaired) electrons. The number of carbonyl (C=O) groups is 2. The van der Waals surface area contributed by atoms with Crippen molar-refractivity contribution in [1.29, 1.82) is 0 Å². The van der Waals surface area contributed by atoms with Crippen molar-refractivity contribution in [2.75, 3.05) is 13.2 Å². The molecule has 0 aliphatic rings. The van der Waals surface area contributed by atoms with E-state index in [-0.39, 0.29) is 11.3 Å². The van der Waals surface area contributed by atoms with Gasteiger partial charge in [-0.15, -0.1) is 0 Å². The maximum atomic E-state index is 12.0. The van der Waals surface area contributed by atoms with Crippen LogP contribution in [0.25, 0.3) is 5.69 Å². The molecule has 2 rings (SSSR count). The molecular formula is C20H26N4O4. The number of rotatable bonds is 8. The number of nitrogens with one attached hydrogen (secondary N) is 1. The van der Waals surface area contributed by atoms with Gasteiger partial charge in [-0.05, 0) is 24.5 Å². The number of nitrogens with zero attached hydrogens (tertiary/aromatic N) is 3. The number of para-hydroxylation sites is 1. The Morgan fingerprint density at radius 3 is 2.68 bits per heavy atom. The van der Waals surface area contributed by atoms with Gasteiger partial charge in [0.1, 0.15) is 0 Å². The maximum Gasteiger partial charge on any atom is 0.337 e. The molecule has 0 saturated carbocycles. The second-order valence-corrected chi connectivity index (χ2v) is 6.55. The van der Waals surface area contributed by atoms with E-state index >= 15 is 0 Å². The summed E-state index contributed by atoms with van der Waals surface area (Å²) in [6.07, 6.45) is 3.27. The van der Waals surface area contributed by atoms with Crippen molar-refractivity contribution in [2.24, 2.45) is 10.9 Å². The molecule has 0 saturated heterocycles. The topological polar surface area (TPSA) is 94.8 Å². The van der Waals surface area contributed by atoms with Crippen LogP contribution >= 0.6 is 0 Å². The minimum absolute atomic E-state index is 0.224. The smallest absolute Gasteiger partial charge is 0.337 e. The first-order valence-corrected chi connectivity index (χ1v) is 9.29. The minimum atomic E-state index is -0.970. The number of hydrogen-bond acceptors (Lipinski definition) is 5. The fraction of sp³-hybridized carbons (Fsp3) is 0.400. The minimum Gasteiger partial charge on any atom is -0.478 e. The van der Waals surface area contributed by atoms with E-state index in [0.717, 1.165) is 18.5 Å². The molecule has 8 nitrogen and oxygen atoms in total. The van der Waals surface area contributed by atoms with Gasteiger partial charge in [0, 0.05) is 6.07 Å². The lowest BCUT2D eigenvalue weighted by molar-refractivity contribution is -0.146. The molecule has 0 aliphatic carbocycles. The highest BCUT2D eigenvalue weighted by atomic mass is 16.7. The van der Waals surface area contributed by atoms with Crippen LogP contribution in [0.2, 0.25) is 0 Å². The Morgan fingerprint density at radius 1 is 1.25 bits per heavy atom. The van der Waals surface area contributed by atoms with E-state index < -0.39 is 11.8 Å². The molecule has 0 unspecified atom stereocenters. The number of benzene rings is 1. The van der Waals surface area contributed by atoms with Crippen LogP contribution in [0.3, 0.4) is 0 Å². The molecule has 1 aromatic carbocycles. The zero-order valence-electron chi connectivity index (χ0n) is 16.4. The summed E-state index contributed by atoms with van der Waals surface area (Å²) in [5.41, 5.74) is 2.90. The molecular weight excluding hydrogens is 360 g/mol. The summed E-state index contributed by atoms with van der Waals surface area (Å²) in [4.78, 5) is 32.5. The fourth-order valence-electron chi connectivity index (χ4n) is 2.13. The average Bonchev–Trinajstić information content (AvgIpc) is 2.68. The van der Waals surface area contributed by atoms with Gasteiger partial charge in [0.05, 0.1) is 30.5 Å². The summed E-state index contributed by atoms with van der Waals surface area (Å²) in [6, 6.07) is 11.1. The van der Waals surface area contributed by atoms with Crippen LogP contribution in [0.1, 0.15) is 33.6 Å². The summed E-state index contributed by atoms with van der Waals surface area (Å²) >= 11 is 0. The third-order valence-electron chi connectivity index (χ3n) is 3.54. The van der Waals surface area contributed by atoms with Crippen molar-refractivity contribution in [1.82, 2.24) is 15.3 Å². The molecule has 2 aromatic rings. The quantitative estimate of drug-likeness (QED) is 0.426. The van der Waals surface area contributed by atoms with Gasteiger partial charge in [-0.2, -0.15) is 5.10 Å². The molecule has 0 spiro atoms. The Hall–Kier alpha value is -3.00. The van der Waals surface area contributed by atoms with Crippen molar-refractivity contribution in [3.8, 4) is 11.6 Å². The predicted molar refractivity (Wildman–Crippen MR) is 103 cm³/mol. The lowest BCUT2D eigenvalue weighted by Crippen LogP contribution is -2.32. The van der Waals surface area contributed by atoms with E-state index in [1.807, 2.05) is 44.2 Å². The number of carbonyl (C=O) groups excluding carboxylic acids is 2. The number of aromatic nitrogens is 2. The molecule has 150 valence electrons. The summed E-state index contributed by atoms with van der Waals surface area (Å²) in [5.74, 6) is -1.25. The summed E-state index contributed by atoms with van der Waals surface area (Å²) in [7, 11) is 0. The Labute approximate surface area is 164 Å². The molecule has 2 amide bonds. The zero-order valence-corrected chi connectivity index (χ0v) is 16.4. The van der Waals surface area contributed by atoms with Crippen LogP contribution in [0.4, 0.5) is 0 Å². The first-order chi connectivity index (χ1) is 13.5. The lowest BCUT2D eigenvalue weighted by atomic mass is 10.2. The molecule has 1 aromatic heterocycles. The Morgan fingerprint density at radius 2 is 2.00 bits per heavy atom. The van der Waals surface area contributed by atoms with Crippen LogP contribution in [0.15, 0.2) is 47.6 Å². The molecule has 28 heavy (non-hydrogen) atoms. The van der Waals surface area contributed by atoms with Crippen molar-refractivity contribution in [3.05, 3.63) is 48.0 Å². The standard InChI is InChI=1S/C20H26N4O4/c1-4-5-11-27-18-12-16(13-21-24(18)17-9-7-6-8-10-17)22-19(25)20(26)23-28-14-15(2)3/h6-10,12-13,15H,4-5,11,14H2,1-3H3,(H,23,26). The third-order valence-corrected chi connectivity index (χ3v) is 3.54. The van der Waals surface area contributed by atoms with E-state index in [4.69, 9.17) is 9.57 Å². The van der Waals surface area contributed by atoms with Gasteiger partial charge in [-0.3, -0.25) is 14.4 Å². The summed E-state index contributed by atoms with van der Waals surface area (Å²) < 4.78 is 7.43. The van der Waals surface area contributed by atoms with Crippen LogP contribution in [-0.4, -0.2) is 34.8 Å². The molecule has 0 bridgehead atoms. The number of amides is 2. The molecule has 0 atom stereocenters. The molecule has 0 aliphatic heterocycles. The van der Waals surface area contributed by atoms with Gasteiger partial charge < -0.3 is 4.74 Å². The fourth-order valence-corrected chi connectivity index (χ4v) is 2.13. The maximum absolute atomic E-state index is 12.0. The van der Waals surface area contributed by atoms with Gasteiger partial charge >= 0.3 is 11.8 Å². The predicted octanol–water partition coefficient (Wildman–Crippen LogP) is 2.18. The van der Waals surface area contributed by atoms with E-state index in [2.05, 4.69) is 22.5 Å². The molecule has 0 fully saturated rings. The molecule has 8 heteroatoms. The van der Waals surface area contributed by atoms with Gasteiger partial charge in [0.15, 0.2) is 0 Å². The summed E-state index contributed by atoms with van der Waals surface area (Å²) in [5, 5.41) is 4.53. The highest BCUT2D eigenvalue weighted by molar-refractivity contribution is 6.35. The SMILES string of the molecule is CCCCOc1cc(=NC(=O)C(=O)NOCC(C)C)cnn1-c1ccccc1. The zero-order chi connectivity index (χ0) is 20.4. The van der Waals surface area contributed by atoms with Crippen molar-refractivity contribution in [3.63, 3.8) is 0 Å². The molecule has 1 N–H and O–H groups in total. The van der Waals surface area contributed by atoms with Crippen LogP contribution < -0.4 is 15.6 Å². The number of unbranched alkanes of at least 4 members (excludes halogenated alkanes) is 1. The number of hydroxylamine groups is 1. The van der Waals surface area contributed by atoms with E-state index in [9.17, 15) is 9.59 Å². The lowest BCUT2D eigenvalue weighted by Gasteiger charge is -2.13. The van der Waals surface area contributed by atoms with Gasteiger partial charge in [0.25, 0.3) is 0 Å². The normalized spacial score (nSPS) is 11.5. The van der Waals surface area contributed by atoms with Gasteiger partial charge in [-0.1, -0.05) is 45.4 Å². The average molecular weight is 386 g/mol.